The number of benzene rings is 3. The van der Waals surface area contributed by atoms with E-state index in [2.05, 4.69) is 36.5 Å². The zero-order valence-corrected chi connectivity index (χ0v) is 18.7. The highest BCUT2D eigenvalue weighted by atomic mass is 16.5. The fourth-order valence-electron chi connectivity index (χ4n) is 3.44. The van der Waals surface area contributed by atoms with Crippen LogP contribution in [0.5, 0.6) is 23.0 Å². The fourth-order valence-corrected chi connectivity index (χ4v) is 3.44. The van der Waals surface area contributed by atoms with Gasteiger partial charge in [-0.05, 0) is 54.8 Å². The highest BCUT2D eigenvalue weighted by Gasteiger charge is 2.12. The van der Waals surface area contributed by atoms with Gasteiger partial charge in [0.1, 0.15) is 6.61 Å². The minimum absolute atomic E-state index is 0.506. The Labute approximate surface area is 184 Å². The number of methoxy groups -OCH3 is 3. The molecule has 0 unspecified atom stereocenters. The summed E-state index contributed by atoms with van der Waals surface area (Å²) in [6.07, 6.45) is 0.879. The van der Waals surface area contributed by atoms with Gasteiger partial charge in [-0.2, -0.15) is 0 Å². The van der Waals surface area contributed by atoms with Crippen molar-refractivity contribution in [3.63, 3.8) is 0 Å². The Kier molecular flexibility index (Phi) is 8.19. The Bertz CT molecular complexity index is 987. The van der Waals surface area contributed by atoms with Crippen LogP contribution in [0.3, 0.4) is 0 Å². The molecule has 0 heterocycles. The molecule has 0 aliphatic rings. The fraction of sp³-hybridized carbons (Fsp3) is 0.308. The zero-order valence-electron chi connectivity index (χ0n) is 18.7. The monoisotopic (exact) mass is 421 g/mol. The first-order chi connectivity index (χ1) is 15.2. The second-order valence-corrected chi connectivity index (χ2v) is 7.28. The molecule has 5 heteroatoms. The van der Waals surface area contributed by atoms with Crippen LogP contribution in [0.1, 0.15) is 22.3 Å². The van der Waals surface area contributed by atoms with Crippen LogP contribution in [-0.2, 0) is 19.6 Å². The van der Waals surface area contributed by atoms with Crippen LogP contribution in [0.15, 0.2) is 60.7 Å². The molecule has 0 atom stereocenters. The molecule has 0 spiro atoms. The normalized spacial score (nSPS) is 10.6. The van der Waals surface area contributed by atoms with Gasteiger partial charge in [-0.15, -0.1) is 0 Å². The van der Waals surface area contributed by atoms with Crippen molar-refractivity contribution in [1.82, 2.24) is 5.32 Å². The third-order valence-corrected chi connectivity index (χ3v) is 5.27. The molecule has 0 amide bonds. The second-order valence-electron chi connectivity index (χ2n) is 7.28. The van der Waals surface area contributed by atoms with E-state index in [9.17, 15) is 0 Å². The Morgan fingerprint density at radius 2 is 1.48 bits per heavy atom. The Morgan fingerprint density at radius 3 is 2.23 bits per heavy atom. The van der Waals surface area contributed by atoms with Crippen molar-refractivity contribution in [2.75, 3.05) is 27.9 Å². The van der Waals surface area contributed by atoms with Crippen molar-refractivity contribution in [2.45, 2.75) is 26.5 Å². The second kappa shape index (κ2) is 11.3. The third kappa shape index (κ3) is 5.92. The van der Waals surface area contributed by atoms with Gasteiger partial charge in [-0.25, -0.2) is 0 Å². The summed E-state index contributed by atoms with van der Waals surface area (Å²) in [5.74, 6) is 3.02. The summed E-state index contributed by atoms with van der Waals surface area (Å²) in [6.45, 7) is 4.11. The van der Waals surface area contributed by atoms with E-state index in [1.165, 1.54) is 16.7 Å². The number of hydrogen-bond acceptors (Lipinski definition) is 5. The average molecular weight is 422 g/mol. The predicted octanol–water partition coefficient (Wildman–Crippen LogP) is 4.93. The maximum atomic E-state index is 6.20. The van der Waals surface area contributed by atoms with Gasteiger partial charge in [-0.3, -0.25) is 0 Å². The van der Waals surface area contributed by atoms with E-state index >= 15 is 0 Å². The summed E-state index contributed by atoms with van der Waals surface area (Å²) in [6, 6.07) is 20.3. The van der Waals surface area contributed by atoms with E-state index in [1.807, 2.05) is 36.4 Å². The van der Waals surface area contributed by atoms with Crippen molar-refractivity contribution < 1.29 is 18.9 Å². The van der Waals surface area contributed by atoms with Crippen LogP contribution in [0, 0.1) is 6.92 Å². The molecular weight excluding hydrogens is 390 g/mol. The number of hydrogen-bond donors (Lipinski definition) is 1. The van der Waals surface area contributed by atoms with E-state index < -0.39 is 0 Å². The molecule has 164 valence electrons. The lowest BCUT2D eigenvalue weighted by atomic mass is 10.1. The highest BCUT2D eigenvalue weighted by molar-refractivity contribution is 5.47. The summed E-state index contributed by atoms with van der Waals surface area (Å²) < 4.78 is 22.4. The largest absolute Gasteiger partial charge is 0.493 e. The number of para-hydroxylation sites is 1. The minimum Gasteiger partial charge on any atom is -0.493 e. The molecule has 0 aromatic heterocycles. The van der Waals surface area contributed by atoms with Crippen LogP contribution >= 0.6 is 0 Å². The van der Waals surface area contributed by atoms with Gasteiger partial charge in [0.05, 0.1) is 21.3 Å². The van der Waals surface area contributed by atoms with E-state index in [4.69, 9.17) is 18.9 Å². The summed E-state index contributed by atoms with van der Waals surface area (Å²) in [5.41, 5.74) is 4.64. The average Bonchev–Trinajstić information content (AvgIpc) is 2.81. The molecule has 0 saturated heterocycles. The lowest BCUT2D eigenvalue weighted by Crippen LogP contribution is -2.17. The van der Waals surface area contributed by atoms with Gasteiger partial charge >= 0.3 is 0 Å². The molecule has 1 N–H and O–H groups in total. The Morgan fingerprint density at radius 1 is 0.742 bits per heavy atom. The lowest BCUT2D eigenvalue weighted by molar-refractivity contribution is 0.280. The van der Waals surface area contributed by atoms with Gasteiger partial charge in [0, 0.05) is 12.1 Å². The van der Waals surface area contributed by atoms with Gasteiger partial charge < -0.3 is 24.3 Å². The zero-order chi connectivity index (χ0) is 22.1. The van der Waals surface area contributed by atoms with Crippen LogP contribution < -0.4 is 24.3 Å². The SMILES string of the molecule is COc1ccc(CCNCc2cccc(OC)c2OCc2ccccc2C)cc1OC. The quantitative estimate of drug-likeness (QED) is 0.445. The summed E-state index contributed by atoms with van der Waals surface area (Å²) in [7, 11) is 4.97. The lowest BCUT2D eigenvalue weighted by Gasteiger charge is -2.16. The number of aryl methyl sites for hydroxylation is 1. The number of ether oxygens (including phenoxy) is 4. The molecule has 3 rings (SSSR count). The molecule has 5 nitrogen and oxygen atoms in total. The van der Waals surface area contributed by atoms with Gasteiger partial charge in [-0.1, -0.05) is 42.5 Å². The van der Waals surface area contributed by atoms with Gasteiger partial charge in [0.25, 0.3) is 0 Å². The van der Waals surface area contributed by atoms with Crippen LogP contribution in [-0.4, -0.2) is 27.9 Å². The highest BCUT2D eigenvalue weighted by Crippen LogP contribution is 2.32. The Balaban J connectivity index is 1.62. The molecule has 3 aromatic carbocycles. The van der Waals surface area contributed by atoms with Crippen molar-refractivity contribution in [1.29, 1.82) is 0 Å². The first-order valence-electron chi connectivity index (χ1n) is 10.4. The first-order valence-corrected chi connectivity index (χ1v) is 10.4. The molecule has 0 aliphatic heterocycles. The molecule has 0 fully saturated rings. The summed E-state index contributed by atoms with van der Waals surface area (Å²) in [5, 5.41) is 3.51. The van der Waals surface area contributed by atoms with Crippen LogP contribution in [0.4, 0.5) is 0 Å². The van der Waals surface area contributed by atoms with Crippen molar-refractivity contribution in [2.24, 2.45) is 0 Å². The number of rotatable bonds is 11. The minimum atomic E-state index is 0.506. The Hall–Kier alpha value is -3.18. The van der Waals surface area contributed by atoms with E-state index in [0.29, 0.717) is 13.2 Å². The molecule has 3 aromatic rings. The van der Waals surface area contributed by atoms with E-state index in [1.54, 1.807) is 21.3 Å². The van der Waals surface area contributed by atoms with Crippen molar-refractivity contribution in [3.8, 4) is 23.0 Å². The maximum absolute atomic E-state index is 6.20. The molecule has 0 bridgehead atoms. The van der Waals surface area contributed by atoms with E-state index in [0.717, 1.165) is 41.5 Å². The molecule has 0 radical (unpaired) electrons. The standard InChI is InChI=1S/C26H31NO4/c1-19-8-5-6-9-22(19)18-31-26-21(10-7-11-24(26)29-3)17-27-15-14-20-12-13-23(28-2)25(16-20)30-4/h5-13,16,27H,14-15,17-18H2,1-4H3. The van der Waals surface area contributed by atoms with Crippen LogP contribution in [0.2, 0.25) is 0 Å². The molecule has 0 saturated carbocycles. The predicted molar refractivity (Wildman–Crippen MR) is 123 cm³/mol. The first kappa shape index (κ1) is 22.5. The maximum Gasteiger partial charge on any atom is 0.166 e. The van der Waals surface area contributed by atoms with Gasteiger partial charge in [0.15, 0.2) is 23.0 Å². The smallest absolute Gasteiger partial charge is 0.166 e. The van der Waals surface area contributed by atoms with Crippen molar-refractivity contribution in [3.05, 3.63) is 82.9 Å². The topological polar surface area (TPSA) is 49.0 Å². The van der Waals surface area contributed by atoms with Gasteiger partial charge in [0.2, 0.25) is 0 Å². The summed E-state index contributed by atoms with van der Waals surface area (Å²) in [4.78, 5) is 0. The third-order valence-electron chi connectivity index (χ3n) is 5.27. The summed E-state index contributed by atoms with van der Waals surface area (Å²) >= 11 is 0. The number of nitrogens with one attached hydrogen (secondary N) is 1. The van der Waals surface area contributed by atoms with Crippen molar-refractivity contribution >= 4 is 0 Å². The van der Waals surface area contributed by atoms with Crippen LogP contribution in [0.25, 0.3) is 0 Å². The molecule has 0 aliphatic carbocycles. The molecular formula is C26H31NO4. The van der Waals surface area contributed by atoms with E-state index in [-0.39, 0.29) is 0 Å². The molecule has 31 heavy (non-hydrogen) atoms.